The fourth-order valence-corrected chi connectivity index (χ4v) is 2.59. The van der Waals surface area contributed by atoms with Crippen molar-refractivity contribution in [3.05, 3.63) is 35.5 Å². The molecular weight excluding hydrogens is 294 g/mol. The highest BCUT2D eigenvalue weighted by molar-refractivity contribution is 5.80. The zero-order chi connectivity index (χ0) is 16.1. The van der Waals surface area contributed by atoms with Gasteiger partial charge in [0.2, 0.25) is 0 Å². The Bertz CT molecular complexity index is 663. The molecule has 0 N–H and O–H groups in total. The van der Waals surface area contributed by atoms with Crippen LogP contribution in [0.1, 0.15) is 35.2 Å². The van der Waals surface area contributed by atoms with Gasteiger partial charge in [-0.05, 0) is 37.8 Å². The van der Waals surface area contributed by atoms with Crippen LogP contribution < -0.4 is 0 Å². The van der Waals surface area contributed by atoms with Crippen molar-refractivity contribution in [3.63, 3.8) is 0 Å². The molecule has 1 atom stereocenters. The first-order chi connectivity index (χ1) is 11.3. The van der Waals surface area contributed by atoms with Crippen molar-refractivity contribution < 1.29 is 14.3 Å². The molecule has 1 aromatic heterocycles. The molecule has 3 rings (SSSR count). The zero-order valence-corrected chi connectivity index (χ0v) is 13.3. The predicted molar refractivity (Wildman–Crippen MR) is 85.1 cm³/mol. The van der Waals surface area contributed by atoms with Crippen molar-refractivity contribution in [2.75, 3.05) is 13.2 Å². The van der Waals surface area contributed by atoms with Crippen molar-refractivity contribution in [2.24, 2.45) is 0 Å². The van der Waals surface area contributed by atoms with Crippen LogP contribution in [0.3, 0.4) is 0 Å². The predicted octanol–water partition coefficient (Wildman–Crippen LogP) is 2.61. The molecule has 2 heterocycles. The number of ether oxygens (including phenoxy) is 2. The molecule has 2 aromatic rings. The topological polar surface area (TPSA) is 66.2 Å². The van der Waals surface area contributed by atoms with Crippen molar-refractivity contribution in [3.8, 4) is 11.3 Å². The van der Waals surface area contributed by atoms with Gasteiger partial charge in [0.15, 0.2) is 6.29 Å². The van der Waals surface area contributed by atoms with Gasteiger partial charge in [-0.15, -0.1) is 5.10 Å². The second-order valence-electron chi connectivity index (χ2n) is 5.72. The number of aldehydes is 1. The maximum atomic E-state index is 11.0. The zero-order valence-electron chi connectivity index (χ0n) is 13.3. The molecule has 0 spiro atoms. The van der Waals surface area contributed by atoms with E-state index in [0.29, 0.717) is 18.7 Å². The minimum atomic E-state index is -0.0843. The van der Waals surface area contributed by atoms with Crippen LogP contribution in [0.25, 0.3) is 11.3 Å². The van der Waals surface area contributed by atoms with Gasteiger partial charge in [-0.2, -0.15) is 0 Å². The third-order valence-corrected chi connectivity index (χ3v) is 4.00. The SMILES string of the molecule is Cc1ccc(-c2cn(CCOC3CCCCO3)nn2)cc1C=O. The highest BCUT2D eigenvalue weighted by atomic mass is 16.7. The number of nitrogens with zero attached hydrogens (tertiary/aromatic N) is 3. The average molecular weight is 315 g/mol. The quantitative estimate of drug-likeness (QED) is 0.767. The minimum absolute atomic E-state index is 0.0843. The van der Waals surface area contributed by atoms with Gasteiger partial charge in [-0.1, -0.05) is 17.3 Å². The Labute approximate surface area is 135 Å². The molecule has 6 nitrogen and oxygen atoms in total. The summed E-state index contributed by atoms with van der Waals surface area (Å²) in [4.78, 5) is 11.0. The largest absolute Gasteiger partial charge is 0.353 e. The lowest BCUT2D eigenvalue weighted by atomic mass is 10.0. The van der Waals surface area contributed by atoms with E-state index in [1.807, 2.05) is 31.3 Å². The van der Waals surface area contributed by atoms with Gasteiger partial charge in [0, 0.05) is 17.7 Å². The summed E-state index contributed by atoms with van der Waals surface area (Å²) in [6.45, 7) is 3.86. The molecule has 1 saturated heterocycles. The standard InChI is InChI=1S/C17H21N3O3/c1-13-5-6-14(10-15(13)12-21)16-11-20(19-18-16)7-9-23-17-4-2-3-8-22-17/h5-6,10-12,17H,2-4,7-9H2,1H3. The molecule has 0 amide bonds. The lowest BCUT2D eigenvalue weighted by Gasteiger charge is -2.22. The molecule has 0 aliphatic carbocycles. The molecule has 1 unspecified atom stereocenters. The van der Waals surface area contributed by atoms with Gasteiger partial charge < -0.3 is 9.47 Å². The highest BCUT2D eigenvalue weighted by Crippen LogP contribution is 2.19. The minimum Gasteiger partial charge on any atom is -0.353 e. The Morgan fingerprint density at radius 1 is 1.43 bits per heavy atom. The van der Waals surface area contributed by atoms with Gasteiger partial charge in [-0.3, -0.25) is 4.79 Å². The molecule has 1 fully saturated rings. The second kappa shape index (κ2) is 7.48. The maximum absolute atomic E-state index is 11.0. The number of hydrogen-bond acceptors (Lipinski definition) is 5. The first kappa shape index (κ1) is 15.8. The molecule has 0 radical (unpaired) electrons. The number of aromatic nitrogens is 3. The summed E-state index contributed by atoms with van der Waals surface area (Å²) in [7, 11) is 0. The second-order valence-corrected chi connectivity index (χ2v) is 5.72. The van der Waals surface area contributed by atoms with E-state index in [2.05, 4.69) is 10.3 Å². The average Bonchev–Trinajstić information content (AvgIpc) is 3.05. The van der Waals surface area contributed by atoms with Crippen molar-refractivity contribution >= 4 is 6.29 Å². The Morgan fingerprint density at radius 3 is 3.13 bits per heavy atom. The summed E-state index contributed by atoms with van der Waals surface area (Å²) in [6, 6.07) is 5.70. The first-order valence-corrected chi connectivity index (χ1v) is 7.96. The monoisotopic (exact) mass is 315 g/mol. The van der Waals surface area contributed by atoms with E-state index in [1.54, 1.807) is 4.68 Å². The van der Waals surface area contributed by atoms with E-state index >= 15 is 0 Å². The number of carbonyl (C=O) groups is 1. The third-order valence-electron chi connectivity index (χ3n) is 4.00. The van der Waals surface area contributed by atoms with Gasteiger partial charge in [0.25, 0.3) is 0 Å². The molecule has 122 valence electrons. The Balaban J connectivity index is 1.58. The molecular formula is C17H21N3O3. The third kappa shape index (κ3) is 4.03. The fourth-order valence-electron chi connectivity index (χ4n) is 2.59. The summed E-state index contributed by atoms with van der Waals surface area (Å²) in [6.07, 6.45) is 5.88. The summed E-state index contributed by atoms with van der Waals surface area (Å²) >= 11 is 0. The molecule has 23 heavy (non-hydrogen) atoms. The van der Waals surface area contributed by atoms with E-state index in [9.17, 15) is 4.79 Å². The van der Waals surface area contributed by atoms with E-state index in [1.165, 1.54) is 0 Å². The van der Waals surface area contributed by atoms with Crippen molar-refractivity contribution in [2.45, 2.75) is 39.0 Å². The summed E-state index contributed by atoms with van der Waals surface area (Å²) in [5.74, 6) is 0. The van der Waals surface area contributed by atoms with E-state index < -0.39 is 0 Å². The van der Waals surface area contributed by atoms with E-state index in [4.69, 9.17) is 9.47 Å². The first-order valence-electron chi connectivity index (χ1n) is 7.96. The van der Waals surface area contributed by atoms with Crippen LogP contribution in [0.4, 0.5) is 0 Å². The smallest absolute Gasteiger partial charge is 0.157 e. The van der Waals surface area contributed by atoms with Crippen LogP contribution in [0, 0.1) is 6.92 Å². The molecule has 0 bridgehead atoms. The number of hydrogen-bond donors (Lipinski definition) is 0. The van der Waals surface area contributed by atoms with E-state index in [-0.39, 0.29) is 6.29 Å². The summed E-state index contributed by atoms with van der Waals surface area (Å²) in [5.41, 5.74) is 3.27. The Morgan fingerprint density at radius 2 is 2.35 bits per heavy atom. The highest BCUT2D eigenvalue weighted by Gasteiger charge is 2.14. The number of rotatable bonds is 6. The summed E-state index contributed by atoms with van der Waals surface area (Å²) in [5, 5.41) is 8.28. The van der Waals surface area contributed by atoms with Crippen LogP contribution >= 0.6 is 0 Å². The van der Waals surface area contributed by atoms with Gasteiger partial charge in [-0.25, -0.2) is 4.68 Å². The Kier molecular flexibility index (Phi) is 5.15. The van der Waals surface area contributed by atoms with Crippen LogP contribution in [0.15, 0.2) is 24.4 Å². The molecule has 1 aromatic carbocycles. The lowest BCUT2D eigenvalue weighted by Crippen LogP contribution is -2.24. The number of aryl methyl sites for hydroxylation is 1. The molecule has 6 heteroatoms. The maximum Gasteiger partial charge on any atom is 0.157 e. The van der Waals surface area contributed by atoms with Crippen LogP contribution in [-0.4, -0.2) is 40.8 Å². The van der Waals surface area contributed by atoms with Gasteiger partial charge in [0.05, 0.1) is 19.3 Å². The number of benzene rings is 1. The van der Waals surface area contributed by atoms with Gasteiger partial charge in [0.1, 0.15) is 12.0 Å². The molecule has 1 aliphatic heterocycles. The molecule has 0 saturated carbocycles. The van der Waals surface area contributed by atoms with Crippen LogP contribution in [0.2, 0.25) is 0 Å². The van der Waals surface area contributed by atoms with Crippen molar-refractivity contribution in [1.82, 2.24) is 15.0 Å². The number of carbonyl (C=O) groups excluding carboxylic acids is 1. The lowest BCUT2D eigenvalue weighted by molar-refractivity contribution is -0.163. The van der Waals surface area contributed by atoms with Crippen LogP contribution in [-0.2, 0) is 16.0 Å². The Hall–Kier alpha value is -2.05. The van der Waals surface area contributed by atoms with Crippen molar-refractivity contribution in [1.29, 1.82) is 0 Å². The van der Waals surface area contributed by atoms with Gasteiger partial charge >= 0.3 is 0 Å². The molecule has 1 aliphatic rings. The van der Waals surface area contributed by atoms with E-state index in [0.717, 1.165) is 49.0 Å². The van der Waals surface area contributed by atoms with Crippen LogP contribution in [0.5, 0.6) is 0 Å². The normalized spacial score (nSPS) is 18.0. The summed E-state index contributed by atoms with van der Waals surface area (Å²) < 4.78 is 13.0. The fraction of sp³-hybridized carbons (Fsp3) is 0.471.